The number of pyridine rings is 2. The lowest BCUT2D eigenvalue weighted by Crippen LogP contribution is -2.45. The van der Waals surface area contributed by atoms with Crippen LogP contribution in [0.3, 0.4) is 0 Å². The van der Waals surface area contributed by atoms with Crippen molar-refractivity contribution in [3.63, 3.8) is 0 Å². The van der Waals surface area contributed by atoms with Crippen LogP contribution in [0.4, 0.5) is 0 Å². The SMILES string of the molecule is CC1CCC(c2noc(-c3cc(Cl)c[nH]3)n2)CN1C(=O)c1ccnc(-c2ccccn2)c1. The summed E-state index contributed by atoms with van der Waals surface area (Å²) in [5.74, 6) is 0.939. The molecule has 1 aliphatic heterocycles. The molecule has 4 aromatic rings. The normalized spacial score (nSPS) is 18.6. The van der Waals surface area contributed by atoms with Gasteiger partial charge in [-0.15, -0.1) is 0 Å². The van der Waals surface area contributed by atoms with Crippen molar-refractivity contribution in [3.8, 4) is 23.0 Å². The molecule has 5 heterocycles. The largest absolute Gasteiger partial charge is 0.356 e. The molecule has 1 aliphatic rings. The molecule has 1 fully saturated rings. The predicted molar refractivity (Wildman–Crippen MR) is 119 cm³/mol. The van der Waals surface area contributed by atoms with Crippen LogP contribution in [-0.4, -0.2) is 48.5 Å². The topological polar surface area (TPSA) is 101 Å². The monoisotopic (exact) mass is 448 g/mol. The van der Waals surface area contributed by atoms with E-state index in [9.17, 15) is 4.79 Å². The first-order valence-corrected chi connectivity index (χ1v) is 10.8. The number of carbonyl (C=O) groups excluding carboxylic acids is 1. The highest BCUT2D eigenvalue weighted by Crippen LogP contribution is 2.31. The summed E-state index contributed by atoms with van der Waals surface area (Å²) in [6, 6.07) is 11.0. The van der Waals surface area contributed by atoms with E-state index in [1.807, 2.05) is 23.1 Å². The third kappa shape index (κ3) is 4.01. The van der Waals surface area contributed by atoms with E-state index < -0.39 is 0 Å². The summed E-state index contributed by atoms with van der Waals surface area (Å²) in [4.78, 5) is 31.5. The Kier molecular flexibility index (Phi) is 5.45. The second kappa shape index (κ2) is 8.55. The molecule has 2 unspecified atom stereocenters. The molecule has 1 amide bonds. The second-order valence-corrected chi connectivity index (χ2v) is 8.35. The molecule has 0 spiro atoms. The van der Waals surface area contributed by atoms with Gasteiger partial charge in [0.05, 0.1) is 16.4 Å². The molecule has 8 nitrogen and oxygen atoms in total. The Morgan fingerprint density at radius 3 is 2.81 bits per heavy atom. The van der Waals surface area contributed by atoms with Gasteiger partial charge in [0.1, 0.15) is 5.69 Å². The Morgan fingerprint density at radius 2 is 2.03 bits per heavy atom. The highest BCUT2D eigenvalue weighted by atomic mass is 35.5. The summed E-state index contributed by atoms with van der Waals surface area (Å²) >= 11 is 5.97. The van der Waals surface area contributed by atoms with Gasteiger partial charge in [-0.25, -0.2) is 0 Å². The summed E-state index contributed by atoms with van der Waals surface area (Å²) in [6.45, 7) is 2.59. The summed E-state index contributed by atoms with van der Waals surface area (Å²) in [7, 11) is 0. The predicted octanol–water partition coefficient (Wildman–Crippen LogP) is 4.58. The van der Waals surface area contributed by atoms with Crippen molar-refractivity contribution >= 4 is 17.5 Å². The molecule has 0 aromatic carbocycles. The lowest BCUT2D eigenvalue weighted by Gasteiger charge is -2.37. The van der Waals surface area contributed by atoms with Crippen LogP contribution in [0.5, 0.6) is 0 Å². The van der Waals surface area contributed by atoms with Gasteiger partial charge >= 0.3 is 0 Å². The van der Waals surface area contributed by atoms with E-state index in [1.165, 1.54) is 0 Å². The molecule has 5 rings (SSSR count). The van der Waals surface area contributed by atoms with Crippen molar-refractivity contribution in [1.82, 2.24) is 30.0 Å². The number of carbonyl (C=O) groups is 1. The smallest absolute Gasteiger partial charge is 0.274 e. The van der Waals surface area contributed by atoms with Gasteiger partial charge in [0.15, 0.2) is 5.82 Å². The van der Waals surface area contributed by atoms with Gasteiger partial charge in [0.2, 0.25) is 0 Å². The summed E-state index contributed by atoms with van der Waals surface area (Å²) < 4.78 is 5.42. The summed E-state index contributed by atoms with van der Waals surface area (Å²) in [5, 5.41) is 4.74. The average molecular weight is 449 g/mol. The van der Waals surface area contributed by atoms with Crippen LogP contribution in [0.1, 0.15) is 41.9 Å². The fraction of sp³-hybridized carbons (Fsp3) is 0.261. The number of halogens is 1. The first-order valence-electron chi connectivity index (χ1n) is 10.4. The molecule has 0 radical (unpaired) electrons. The molecule has 1 saturated heterocycles. The molecule has 162 valence electrons. The van der Waals surface area contributed by atoms with Gasteiger partial charge < -0.3 is 14.4 Å². The number of H-pyrrole nitrogens is 1. The zero-order valence-corrected chi connectivity index (χ0v) is 18.2. The molecule has 9 heteroatoms. The zero-order chi connectivity index (χ0) is 22.1. The van der Waals surface area contributed by atoms with E-state index in [0.29, 0.717) is 40.2 Å². The van der Waals surface area contributed by atoms with Gasteiger partial charge in [0, 0.05) is 42.7 Å². The van der Waals surface area contributed by atoms with Crippen LogP contribution in [0, 0.1) is 0 Å². The van der Waals surface area contributed by atoms with Gasteiger partial charge in [-0.2, -0.15) is 4.98 Å². The number of amides is 1. The molecule has 2 atom stereocenters. The maximum atomic E-state index is 13.4. The first kappa shape index (κ1) is 20.4. The van der Waals surface area contributed by atoms with Crippen molar-refractivity contribution in [2.24, 2.45) is 0 Å². The molecule has 0 bridgehead atoms. The quantitative estimate of drug-likeness (QED) is 0.490. The zero-order valence-electron chi connectivity index (χ0n) is 17.4. The van der Waals surface area contributed by atoms with Crippen LogP contribution >= 0.6 is 11.6 Å². The lowest BCUT2D eigenvalue weighted by atomic mass is 9.92. The van der Waals surface area contributed by atoms with Crippen LogP contribution in [0.15, 0.2) is 59.5 Å². The third-order valence-electron chi connectivity index (χ3n) is 5.76. The number of nitrogens with one attached hydrogen (secondary N) is 1. The van der Waals surface area contributed by atoms with Gasteiger partial charge in [0.25, 0.3) is 11.8 Å². The summed E-state index contributed by atoms with van der Waals surface area (Å²) in [6.07, 6.45) is 6.76. The fourth-order valence-corrected chi connectivity index (χ4v) is 4.15. The molecule has 4 aromatic heterocycles. The minimum atomic E-state index is -0.0401. The van der Waals surface area contributed by atoms with Crippen molar-refractivity contribution in [1.29, 1.82) is 0 Å². The van der Waals surface area contributed by atoms with Crippen LogP contribution in [0.2, 0.25) is 5.02 Å². The molecular weight excluding hydrogens is 428 g/mol. The number of likely N-dealkylation sites (tertiary alicyclic amines) is 1. The molecule has 0 aliphatic carbocycles. The van der Waals surface area contributed by atoms with Gasteiger partial charge in [-0.1, -0.05) is 22.8 Å². The van der Waals surface area contributed by atoms with Gasteiger partial charge in [-0.3, -0.25) is 14.8 Å². The maximum Gasteiger partial charge on any atom is 0.274 e. The number of hydrogen-bond donors (Lipinski definition) is 1. The third-order valence-corrected chi connectivity index (χ3v) is 5.98. The van der Waals surface area contributed by atoms with E-state index in [2.05, 4.69) is 32.0 Å². The molecule has 1 N–H and O–H groups in total. The Morgan fingerprint density at radius 1 is 1.16 bits per heavy atom. The molecular formula is C23H21ClN6O2. The van der Waals surface area contributed by atoms with Crippen molar-refractivity contribution in [2.75, 3.05) is 6.54 Å². The van der Waals surface area contributed by atoms with Crippen LogP contribution < -0.4 is 0 Å². The summed E-state index contributed by atoms with van der Waals surface area (Å²) in [5.41, 5.74) is 2.66. The highest BCUT2D eigenvalue weighted by molar-refractivity contribution is 6.30. The van der Waals surface area contributed by atoms with Crippen molar-refractivity contribution in [3.05, 3.63) is 71.4 Å². The molecule has 0 saturated carbocycles. The van der Waals surface area contributed by atoms with E-state index >= 15 is 0 Å². The Bertz CT molecular complexity index is 1240. The Balaban J connectivity index is 1.36. The number of nitrogens with zero attached hydrogens (tertiary/aromatic N) is 5. The van der Waals surface area contributed by atoms with Crippen LogP contribution in [-0.2, 0) is 0 Å². The maximum absolute atomic E-state index is 13.4. The van der Waals surface area contributed by atoms with E-state index in [4.69, 9.17) is 16.1 Å². The van der Waals surface area contributed by atoms with E-state index in [0.717, 1.165) is 18.5 Å². The standard InChI is InChI=1S/C23H21ClN6O2/c1-14-5-6-16(21-28-22(32-29-21)20-11-17(24)12-27-20)13-30(14)23(31)15-7-9-26-19(10-15)18-4-2-3-8-25-18/h2-4,7-12,14,16,27H,5-6,13H2,1H3. The number of rotatable bonds is 4. The Labute approximate surface area is 189 Å². The fourth-order valence-electron chi connectivity index (χ4n) is 3.99. The molecule has 32 heavy (non-hydrogen) atoms. The van der Waals surface area contributed by atoms with Gasteiger partial charge in [-0.05, 0) is 50.1 Å². The number of piperidine rings is 1. The Hall–Kier alpha value is -3.52. The van der Waals surface area contributed by atoms with E-state index in [1.54, 1.807) is 36.8 Å². The van der Waals surface area contributed by atoms with Crippen LogP contribution in [0.25, 0.3) is 23.0 Å². The minimum Gasteiger partial charge on any atom is -0.356 e. The van der Waals surface area contributed by atoms with E-state index in [-0.39, 0.29) is 17.9 Å². The lowest BCUT2D eigenvalue weighted by molar-refractivity contribution is 0.0604. The number of hydrogen-bond acceptors (Lipinski definition) is 6. The number of aromatic amines is 1. The van der Waals surface area contributed by atoms with Crippen molar-refractivity contribution in [2.45, 2.75) is 31.7 Å². The number of aromatic nitrogens is 5. The average Bonchev–Trinajstić information content (AvgIpc) is 3.49. The second-order valence-electron chi connectivity index (χ2n) is 7.91. The minimum absolute atomic E-state index is 0.00446. The van der Waals surface area contributed by atoms with Crippen molar-refractivity contribution < 1.29 is 9.32 Å². The first-order chi connectivity index (χ1) is 15.6. The highest BCUT2D eigenvalue weighted by Gasteiger charge is 2.33.